The number of hydrogen-bond donors (Lipinski definition) is 1. The van der Waals surface area contributed by atoms with Crippen LogP contribution in [-0.2, 0) is 14.8 Å². The number of carbonyl (C=O) groups is 1. The van der Waals surface area contributed by atoms with E-state index in [-0.39, 0.29) is 28.7 Å². The molecule has 7 nitrogen and oxygen atoms in total. The Bertz CT molecular complexity index is 949. The molecule has 8 heteroatoms. The summed E-state index contributed by atoms with van der Waals surface area (Å²) in [5.74, 6) is 0.370. The number of ether oxygens (including phenoxy) is 2. The highest BCUT2D eigenvalue weighted by Gasteiger charge is 2.28. The lowest BCUT2D eigenvalue weighted by Crippen LogP contribution is -2.48. The van der Waals surface area contributed by atoms with Gasteiger partial charge in [0.2, 0.25) is 0 Å². The number of benzene rings is 2. The first-order valence-electron chi connectivity index (χ1n) is 9.59. The van der Waals surface area contributed by atoms with Crippen LogP contribution in [0.3, 0.4) is 0 Å². The van der Waals surface area contributed by atoms with Crippen molar-refractivity contribution in [3.8, 4) is 5.75 Å². The van der Waals surface area contributed by atoms with Crippen molar-refractivity contribution in [1.29, 1.82) is 0 Å². The van der Waals surface area contributed by atoms with Crippen LogP contribution in [0.25, 0.3) is 0 Å². The Hall–Kier alpha value is -2.58. The standard InChI is InChI=1S/C21H26N2O5S/c1-4-27-17-9-11-18(12-10-17)29(25,26)22-20-8-6-5-7-19(20)21(24)23-13-15(2)28-16(3)14-23/h5-12,15-16,22H,4,13-14H2,1-3H3/t15-,16+. The third-order valence-corrected chi connectivity index (χ3v) is 5.94. The van der Waals surface area contributed by atoms with Crippen molar-refractivity contribution in [2.45, 2.75) is 37.9 Å². The van der Waals surface area contributed by atoms with Crippen LogP contribution in [0.15, 0.2) is 53.4 Å². The molecule has 0 radical (unpaired) electrons. The van der Waals surface area contributed by atoms with Crippen LogP contribution in [0.4, 0.5) is 5.69 Å². The molecule has 1 heterocycles. The van der Waals surface area contributed by atoms with Crippen molar-refractivity contribution < 1.29 is 22.7 Å². The number of para-hydroxylation sites is 1. The van der Waals surface area contributed by atoms with Crippen LogP contribution < -0.4 is 9.46 Å². The molecule has 2 atom stereocenters. The van der Waals surface area contributed by atoms with Gasteiger partial charge in [0.25, 0.3) is 15.9 Å². The van der Waals surface area contributed by atoms with E-state index in [1.165, 1.54) is 12.1 Å². The zero-order valence-corrected chi connectivity index (χ0v) is 17.6. The van der Waals surface area contributed by atoms with Gasteiger partial charge in [0.05, 0.1) is 35.0 Å². The zero-order valence-electron chi connectivity index (χ0n) is 16.8. The summed E-state index contributed by atoms with van der Waals surface area (Å²) in [7, 11) is -3.85. The van der Waals surface area contributed by atoms with Crippen LogP contribution in [-0.4, -0.2) is 51.1 Å². The van der Waals surface area contributed by atoms with Crippen LogP contribution in [0, 0.1) is 0 Å². The van der Waals surface area contributed by atoms with Crippen LogP contribution in [0.2, 0.25) is 0 Å². The monoisotopic (exact) mass is 418 g/mol. The number of rotatable bonds is 6. The summed E-state index contributed by atoms with van der Waals surface area (Å²) in [6, 6.07) is 12.8. The smallest absolute Gasteiger partial charge is 0.261 e. The van der Waals surface area contributed by atoms with Crippen molar-refractivity contribution in [3.05, 3.63) is 54.1 Å². The van der Waals surface area contributed by atoms with Gasteiger partial charge in [-0.1, -0.05) is 12.1 Å². The molecule has 1 fully saturated rings. The van der Waals surface area contributed by atoms with Gasteiger partial charge in [-0.2, -0.15) is 0 Å². The minimum Gasteiger partial charge on any atom is -0.494 e. The van der Waals surface area contributed by atoms with Crippen molar-refractivity contribution in [3.63, 3.8) is 0 Å². The molecule has 1 aliphatic rings. The summed E-state index contributed by atoms with van der Waals surface area (Å²) in [5, 5.41) is 0. The first-order valence-corrected chi connectivity index (χ1v) is 11.1. The van der Waals surface area contributed by atoms with Gasteiger partial charge in [-0.3, -0.25) is 9.52 Å². The van der Waals surface area contributed by atoms with Crippen molar-refractivity contribution in [2.24, 2.45) is 0 Å². The van der Waals surface area contributed by atoms with Crippen molar-refractivity contribution in [1.82, 2.24) is 4.90 Å². The van der Waals surface area contributed by atoms with E-state index < -0.39 is 10.0 Å². The molecule has 0 aromatic heterocycles. The topological polar surface area (TPSA) is 84.9 Å². The third kappa shape index (κ3) is 5.07. The van der Waals surface area contributed by atoms with Gasteiger partial charge in [0.1, 0.15) is 5.75 Å². The predicted molar refractivity (Wildman–Crippen MR) is 111 cm³/mol. The molecular formula is C21H26N2O5S. The lowest BCUT2D eigenvalue weighted by atomic mass is 10.1. The van der Waals surface area contributed by atoms with Crippen LogP contribution in [0.1, 0.15) is 31.1 Å². The lowest BCUT2D eigenvalue weighted by molar-refractivity contribution is -0.0585. The van der Waals surface area contributed by atoms with Crippen LogP contribution >= 0.6 is 0 Å². The molecule has 0 aliphatic carbocycles. The van der Waals surface area contributed by atoms with Gasteiger partial charge in [-0.25, -0.2) is 8.42 Å². The van der Waals surface area contributed by atoms with E-state index in [2.05, 4.69) is 4.72 Å². The van der Waals surface area contributed by atoms with E-state index in [1.54, 1.807) is 41.3 Å². The molecule has 2 aromatic carbocycles. The molecule has 1 saturated heterocycles. The Morgan fingerprint density at radius 3 is 2.34 bits per heavy atom. The quantitative estimate of drug-likeness (QED) is 0.779. The number of amides is 1. The first-order chi connectivity index (χ1) is 13.8. The Morgan fingerprint density at radius 2 is 1.72 bits per heavy atom. The van der Waals surface area contributed by atoms with E-state index in [4.69, 9.17) is 9.47 Å². The highest BCUT2D eigenvalue weighted by molar-refractivity contribution is 7.92. The van der Waals surface area contributed by atoms with Crippen molar-refractivity contribution >= 4 is 21.6 Å². The van der Waals surface area contributed by atoms with Gasteiger partial charge in [-0.15, -0.1) is 0 Å². The third-order valence-electron chi connectivity index (χ3n) is 4.55. The second-order valence-electron chi connectivity index (χ2n) is 7.02. The summed E-state index contributed by atoms with van der Waals surface area (Å²) in [6.07, 6.45) is -0.147. The molecule has 3 rings (SSSR count). The number of anilines is 1. The number of nitrogens with one attached hydrogen (secondary N) is 1. The molecule has 2 aromatic rings. The summed E-state index contributed by atoms with van der Waals surface area (Å²) in [5.41, 5.74) is 0.557. The number of nitrogens with zero attached hydrogens (tertiary/aromatic N) is 1. The van der Waals surface area contributed by atoms with E-state index in [9.17, 15) is 13.2 Å². The summed E-state index contributed by atoms with van der Waals surface area (Å²) in [6.45, 7) is 7.11. The summed E-state index contributed by atoms with van der Waals surface area (Å²) < 4.78 is 39.2. The summed E-state index contributed by atoms with van der Waals surface area (Å²) in [4.78, 5) is 14.9. The SMILES string of the molecule is CCOc1ccc(S(=O)(=O)Nc2ccccc2C(=O)N2C[C@@H](C)O[C@@H](C)C2)cc1. The van der Waals surface area contributed by atoms with E-state index in [0.29, 0.717) is 31.0 Å². The number of morpholine rings is 1. The van der Waals surface area contributed by atoms with Gasteiger partial charge < -0.3 is 14.4 Å². The fraction of sp³-hybridized carbons (Fsp3) is 0.381. The van der Waals surface area contributed by atoms with Gasteiger partial charge in [-0.05, 0) is 57.2 Å². The molecule has 0 saturated carbocycles. The lowest BCUT2D eigenvalue weighted by Gasteiger charge is -2.35. The normalized spacial score (nSPS) is 19.6. The number of hydrogen-bond acceptors (Lipinski definition) is 5. The van der Waals surface area contributed by atoms with E-state index in [1.807, 2.05) is 20.8 Å². The Morgan fingerprint density at radius 1 is 1.10 bits per heavy atom. The Labute approximate surface area is 171 Å². The van der Waals surface area contributed by atoms with E-state index in [0.717, 1.165) is 0 Å². The van der Waals surface area contributed by atoms with Gasteiger partial charge >= 0.3 is 0 Å². The maximum atomic E-state index is 13.1. The Kier molecular flexibility index (Phi) is 6.44. The highest BCUT2D eigenvalue weighted by Crippen LogP contribution is 2.24. The molecule has 1 amide bonds. The molecule has 156 valence electrons. The molecule has 0 unspecified atom stereocenters. The average Bonchev–Trinajstić information content (AvgIpc) is 2.67. The van der Waals surface area contributed by atoms with Crippen molar-refractivity contribution in [2.75, 3.05) is 24.4 Å². The first kappa shape index (κ1) is 21.1. The average molecular weight is 419 g/mol. The largest absolute Gasteiger partial charge is 0.494 e. The predicted octanol–water partition coefficient (Wildman–Crippen LogP) is 3.14. The maximum absolute atomic E-state index is 13.1. The van der Waals surface area contributed by atoms with E-state index >= 15 is 0 Å². The highest BCUT2D eigenvalue weighted by atomic mass is 32.2. The molecule has 1 N–H and O–H groups in total. The zero-order chi connectivity index (χ0) is 21.0. The second-order valence-corrected chi connectivity index (χ2v) is 8.71. The molecule has 0 spiro atoms. The number of carbonyl (C=O) groups excluding carboxylic acids is 1. The van der Waals surface area contributed by atoms with Gasteiger partial charge in [0.15, 0.2) is 0 Å². The second kappa shape index (κ2) is 8.84. The molecule has 1 aliphatic heterocycles. The minimum atomic E-state index is -3.85. The molecule has 0 bridgehead atoms. The van der Waals surface area contributed by atoms with Gasteiger partial charge in [0, 0.05) is 13.1 Å². The number of sulfonamides is 1. The summed E-state index contributed by atoms with van der Waals surface area (Å²) >= 11 is 0. The molecular weight excluding hydrogens is 392 g/mol. The fourth-order valence-corrected chi connectivity index (χ4v) is 4.44. The van der Waals surface area contributed by atoms with Crippen LogP contribution in [0.5, 0.6) is 5.75 Å². The maximum Gasteiger partial charge on any atom is 0.261 e. The Balaban J connectivity index is 1.84. The molecule has 29 heavy (non-hydrogen) atoms. The minimum absolute atomic E-state index is 0.0737. The fourth-order valence-electron chi connectivity index (χ4n) is 3.36.